The molecule has 1 aliphatic rings. The number of aromatic nitrogens is 3. The molecule has 0 radical (unpaired) electrons. The topological polar surface area (TPSA) is 93.8 Å². The summed E-state index contributed by atoms with van der Waals surface area (Å²) >= 11 is 0. The van der Waals surface area contributed by atoms with Gasteiger partial charge in [0.1, 0.15) is 11.9 Å². The van der Waals surface area contributed by atoms with Gasteiger partial charge in [-0.15, -0.1) is 0 Å². The second kappa shape index (κ2) is 9.35. The number of hydrogen-bond donors (Lipinski definition) is 0. The smallest absolute Gasteiger partial charge is 0.292 e. The van der Waals surface area contributed by atoms with Crippen LogP contribution in [0.15, 0.2) is 41.1 Å². The van der Waals surface area contributed by atoms with Gasteiger partial charge in [-0.05, 0) is 24.1 Å². The summed E-state index contributed by atoms with van der Waals surface area (Å²) in [5, 5.41) is 3.94. The Hall–Kier alpha value is -3.46. The Morgan fingerprint density at radius 2 is 2.06 bits per heavy atom. The van der Waals surface area contributed by atoms with E-state index >= 15 is 0 Å². The van der Waals surface area contributed by atoms with Gasteiger partial charge in [0.25, 0.3) is 5.91 Å². The molecule has 4 rings (SSSR count). The number of hydrogen-bond acceptors (Lipinski definition) is 8. The summed E-state index contributed by atoms with van der Waals surface area (Å²) < 4.78 is 16.6. The maximum atomic E-state index is 13.0. The van der Waals surface area contributed by atoms with Crippen LogP contribution in [-0.2, 0) is 11.2 Å². The normalized spacial score (nSPS) is 16.1. The molecule has 2 aromatic heterocycles. The minimum Gasteiger partial charge on any atom is -0.497 e. The van der Waals surface area contributed by atoms with Crippen molar-refractivity contribution in [2.24, 2.45) is 0 Å². The molecular weight excluding hydrogens is 410 g/mol. The number of carbonyl (C=O) groups excluding carboxylic acids is 1. The van der Waals surface area contributed by atoms with Crippen LogP contribution in [0.4, 0.5) is 5.95 Å². The van der Waals surface area contributed by atoms with Gasteiger partial charge in [0.15, 0.2) is 0 Å². The SMILES string of the molecule is CCc1cc(C(=O)N2CCOC(c3nc(N(C)C)ncc3-c3ccc(OC)cc3)C2)on1. The number of methoxy groups -OCH3 is 1. The van der Waals surface area contributed by atoms with Crippen LogP contribution in [0.25, 0.3) is 11.1 Å². The van der Waals surface area contributed by atoms with E-state index in [2.05, 4.69) is 10.1 Å². The van der Waals surface area contributed by atoms with Crippen molar-refractivity contribution in [3.8, 4) is 16.9 Å². The first-order valence-electron chi connectivity index (χ1n) is 10.5. The van der Waals surface area contributed by atoms with Crippen molar-refractivity contribution in [3.05, 3.63) is 53.7 Å². The Labute approximate surface area is 187 Å². The van der Waals surface area contributed by atoms with Crippen LogP contribution in [0.3, 0.4) is 0 Å². The molecule has 9 nitrogen and oxygen atoms in total. The highest BCUT2D eigenvalue weighted by molar-refractivity contribution is 5.91. The fraction of sp³-hybridized carbons (Fsp3) is 0.391. The molecule has 9 heteroatoms. The number of benzene rings is 1. The molecule has 1 unspecified atom stereocenters. The molecule has 1 aliphatic heterocycles. The molecule has 1 fully saturated rings. The molecule has 168 valence electrons. The Bertz CT molecular complexity index is 1080. The second-order valence-corrected chi connectivity index (χ2v) is 7.74. The number of amides is 1. The third kappa shape index (κ3) is 4.43. The minimum absolute atomic E-state index is 0.196. The summed E-state index contributed by atoms with van der Waals surface area (Å²) in [5.74, 6) is 1.39. The predicted molar refractivity (Wildman–Crippen MR) is 119 cm³/mol. The molecule has 32 heavy (non-hydrogen) atoms. The number of rotatable bonds is 6. The Balaban J connectivity index is 1.65. The fourth-order valence-electron chi connectivity index (χ4n) is 3.57. The Morgan fingerprint density at radius 3 is 2.72 bits per heavy atom. The maximum Gasteiger partial charge on any atom is 0.292 e. The molecule has 3 aromatic rings. The Morgan fingerprint density at radius 1 is 1.28 bits per heavy atom. The average Bonchev–Trinajstić information content (AvgIpc) is 3.33. The van der Waals surface area contributed by atoms with E-state index in [0.717, 1.165) is 28.3 Å². The highest BCUT2D eigenvalue weighted by atomic mass is 16.5. The van der Waals surface area contributed by atoms with Crippen LogP contribution in [-0.4, -0.2) is 66.8 Å². The van der Waals surface area contributed by atoms with E-state index in [0.29, 0.717) is 32.1 Å². The quantitative estimate of drug-likeness (QED) is 0.581. The first kappa shape index (κ1) is 21.8. The fourth-order valence-corrected chi connectivity index (χ4v) is 3.57. The summed E-state index contributed by atoms with van der Waals surface area (Å²) in [6.45, 7) is 3.19. The van der Waals surface area contributed by atoms with Gasteiger partial charge in [-0.3, -0.25) is 4.79 Å². The van der Waals surface area contributed by atoms with E-state index in [1.54, 1.807) is 24.3 Å². The summed E-state index contributed by atoms with van der Waals surface area (Å²) in [6, 6.07) is 9.41. The molecule has 1 saturated heterocycles. The van der Waals surface area contributed by atoms with Crippen LogP contribution in [0, 0.1) is 0 Å². The number of ether oxygens (including phenoxy) is 2. The van der Waals surface area contributed by atoms with E-state index < -0.39 is 6.10 Å². The molecule has 0 aliphatic carbocycles. The van der Waals surface area contributed by atoms with Gasteiger partial charge < -0.3 is 23.8 Å². The number of aryl methyl sites for hydroxylation is 1. The highest BCUT2D eigenvalue weighted by Crippen LogP contribution is 2.32. The van der Waals surface area contributed by atoms with Crippen molar-refractivity contribution in [3.63, 3.8) is 0 Å². The van der Waals surface area contributed by atoms with Crippen LogP contribution in [0.1, 0.15) is 35.0 Å². The molecule has 1 aromatic carbocycles. The largest absolute Gasteiger partial charge is 0.497 e. The molecule has 0 saturated carbocycles. The van der Waals surface area contributed by atoms with E-state index in [4.69, 9.17) is 19.0 Å². The average molecular weight is 438 g/mol. The van der Waals surface area contributed by atoms with E-state index in [-0.39, 0.29) is 11.7 Å². The summed E-state index contributed by atoms with van der Waals surface area (Å²) in [7, 11) is 5.41. The molecule has 1 atom stereocenters. The van der Waals surface area contributed by atoms with Gasteiger partial charge in [-0.25, -0.2) is 9.97 Å². The van der Waals surface area contributed by atoms with E-state index in [1.807, 2.05) is 50.2 Å². The van der Waals surface area contributed by atoms with Gasteiger partial charge in [0, 0.05) is 38.5 Å². The standard InChI is InChI=1S/C23H27N5O4/c1-5-16-12-19(32-26-16)22(29)28-10-11-31-20(14-28)21-18(13-24-23(25-21)27(2)3)15-6-8-17(30-4)9-7-15/h6-9,12-13,20H,5,10-11,14H2,1-4H3. The summed E-state index contributed by atoms with van der Waals surface area (Å²) in [4.78, 5) is 25.8. The third-order valence-electron chi connectivity index (χ3n) is 5.40. The zero-order valence-corrected chi connectivity index (χ0v) is 18.7. The lowest BCUT2D eigenvalue weighted by Crippen LogP contribution is -2.42. The third-order valence-corrected chi connectivity index (χ3v) is 5.40. The summed E-state index contributed by atoms with van der Waals surface area (Å²) in [5.41, 5.74) is 3.29. The van der Waals surface area contributed by atoms with Crippen molar-refractivity contribution >= 4 is 11.9 Å². The van der Waals surface area contributed by atoms with Gasteiger partial charge >= 0.3 is 0 Å². The van der Waals surface area contributed by atoms with E-state index in [9.17, 15) is 4.79 Å². The van der Waals surface area contributed by atoms with Crippen molar-refractivity contribution < 1.29 is 18.8 Å². The number of morpholine rings is 1. The molecule has 0 spiro atoms. The lowest BCUT2D eigenvalue weighted by atomic mass is 10.0. The van der Waals surface area contributed by atoms with Crippen molar-refractivity contribution in [1.29, 1.82) is 0 Å². The first-order valence-corrected chi connectivity index (χ1v) is 10.5. The van der Waals surface area contributed by atoms with Crippen molar-refractivity contribution in [1.82, 2.24) is 20.0 Å². The first-order chi connectivity index (χ1) is 15.5. The minimum atomic E-state index is -0.403. The zero-order chi connectivity index (χ0) is 22.7. The summed E-state index contributed by atoms with van der Waals surface area (Å²) in [6.07, 6.45) is 2.11. The van der Waals surface area contributed by atoms with Crippen molar-refractivity contribution in [2.75, 3.05) is 45.8 Å². The number of carbonyl (C=O) groups is 1. The van der Waals surface area contributed by atoms with Gasteiger partial charge in [-0.1, -0.05) is 24.2 Å². The van der Waals surface area contributed by atoms with Crippen LogP contribution in [0.2, 0.25) is 0 Å². The molecule has 0 N–H and O–H groups in total. The molecular formula is C23H27N5O4. The highest BCUT2D eigenvalue weighted by Gasteiger charge is 2.31. The lowest BCUT2D eigenvalue weighted by Gasteiger charge is -2.33. The van der Waals surface area contributed by atoms with Gasteiger partial charge in [0.2, 0.25) is 11.7 Å². The van der Waals surface area contributed by atoms with Gasteiger partial charge in [0.05, 0.1) is 31.6 Å². The molecule has 3 heterocycles. The Kier molecular flexibility index (Phi) is 6.36. The predicted octanol–water partition coefficient (Wildman–Crippen LogP) is 2.98. The molecule has 1 amide bonds. The molecule has 0 bridgehead atoms. The second-order valence-electron chi connectivity index (χ2n) is 7.74. The number of anilines is 1. The van der Waals surface area contributed by atoms with Crippen molar-refractivity contribution in [2.45, 2.75) is 19.4 Å². The lowest BCUT2D eigenvalue weighted by molar-refractivity contribution is -0.0256. The van der Waals surface area contributed by atoms with Crippen LogP contribution >= 0.6 is 0 Å². The maximum absolute atomic E-state index is 13.0. The van der Waals surface area contributed by atoms with Crippen LogP contribution in [0.5, 0.6) is 5.75 Å². The van der Waals surface area contributed by atoms with Crippen LogP contribution < -0.4 is 9.64 Å². The number of nitrogens with zero attached hydrogens (tertiary/aromatic N) is 5. The monoisotopic (exact) mass is 437 g/mol. The zero-order valence-electron chi connectivity index (χ0n) is 18.7. The van der Waals surface area contributed by atoms with Gasteiger partial charge in [-0.2, -0.15) is 0 Å². The van der Waals surface area contributed by atoms with E-state index in [1.165, 1.54) is 0 Å².